The van der Waals surface area contributed by atoms with Crippen LogP contribution in [0.2, 0.25) is 0 Å². The van der Waals surface area contributed by atoms with Crippen molar-refractivity contribution in [3.05, 3.63) is 29.8 Å². The van der Waals surface area contributed by atoms with Gasteiger partial charge in [-0.15, -0.1) is 0 Å². The monoisotopic (exact) mass is 219 g/mol. The molecule has 1 atom stereocenters. The molecule has 1 heterocycles. The molecule has 0 bridgehead atoms. The molecule has 16 heavy (non-hydrogen) atoms. The fraction of sp³-hybridized carbons (Fsp3) is 0.571. The molecule has 0 unspecified atom stereocenters. The van der Waals surface area contributed by atoms with Gasteiger partial charge in [-0.2, -0.15) is 0 Å². The summed E-state index contributed by atoms with van der Waals surface area (Å²) in [5, 5.41) is 0. The molecule has 0 aromatic heterocycles. The topological polar surface area (TPSA) is 12.5 Å². The summed E-state index contributed by atoms with van der Waals surface area (Å²) in [6.07, 6.45) is 0. The van der Waals surface area contributed by atoms with Gasteiger partial charge >= 0.3 is 0 Å². The third-order valence-electron chi connectivity index (χ3n) is 3.26. The summed E-state index contributed by atoms with van der Waals surface area (Å²) in [5.41, 5.74) is 2.73. The predicted molar refractivity (Wildman–Crippen MR) is 68.2 cm³/mol. The number of rotatable bonds is 2. The Morgan fingerprint density at radius 1 is 1.25 bits per heavy atom. The van der Waals surface area contributed by atoms with Crippen LogP contribution in [-0.4, -0.2) is 25.8 Å². The van der Waals surface area contributed by atoms with E-state index in [-0.39, 0.29) is 0 Å². The molecule has 0 amide bonds. The summed E-state index contributed by atoms with van der Waals surface area (Å²) in [6, 6.07) is 9.43. The maximum atomic E-state index is 5.45. The molecule has 1 aromatic rings. The average molecular weight is 219 g/mol. The third kappa shape index (κ3) is 2.38. The lowest BCUT2D eigenvalue weighted by Crippen LogP contribution is -2.43. The fourth-order valence-corrected chi connectivity index (χ4v) is 2.16. The van der Waals surface area contributed by atoms with E-state index >= 15 is 0 Å². The number of hydrogen-bond acceptors (Lipinski definition) is 2. The Labute approximate surface area is 98.2 Å². The zero-order valence-corrected chi connectivity index (χ0v) is 10.4. The first-order valence-electron chi connectivity index (χ1n) is 6.13. The molecule has 0 N–H and O–H groups in total. The van der Waals surface area contributed by atoms with Crippen molar-refractivity contribution < 1.29 is 4.74 Å². The second-order valence-corrected chi connectivity index (χ2v) is 4.86. The van der Waals surface area contributed by atoms with Gasteiger partial charge in [0, 0.05) is 18.3 Å². The zero-order chi connectivity index (χ0) is 11.5. The highest BCUT2D eigenvalue weighted by Gasteiger charge is 2.18. The van der Waals surface area contributed by atoms with Gasteiger partial charge in [0.15, 0.2) is 0 Å². The molecule has 0 aliphatic carbocycles. The van der Waals surface area contributed by atoms with Crippen molar-refractivity contribution >= 4 is 5.69 Å². The number of benzene rings is 1. The van der Waals surface area contributed by atoms with E-state index in [1.54, 1.807) is 0 Å². The Morgan fingerprint density at radius 2 is 1.94 bits per heavy atom. The van der Waals surface area contributed by atoms with Crippen molar-refractivity contribution in [3.63, 3.8) is 0 Å². The Morgan fingerprint density at radius 3 is 2.50 bits per heavy atom. The van der Waals surface area contributed by atoms with Gasteiger partial charge in [-0.05, 0) is 30.5 Å². The van der Waals surface area contributed by atoms with Gasteiger partial charge in [0.05, 0.1) is 13.2 Å². The molecular formula is C14H21NO. The van der Waals surface area contributed by atoms with E-state index in [1.165, 1.54) is 11.3 Å². The van der Waals surface area contributed by atoms with Gasteiger partial charge < -0.3 is 9.64 Å². The normalized spacial score (nSPS) is 21.5. The van der Waals surface area contributed by atoms with Crippen LogP contribution in [0, 0.1) is 0 Å². The van der Waals surface area contributed by atoms with E-state index in [0.717, 1.165) is 19.8 Å². The standard InChI is InChI=1S/C14H21NO/c1-11(2)13-4-6-14(7-5-13)15-8-9-16-10-12(15)3/h4-7,11-12H,8-10H2,1-3H3/t12-/m0/s1. The number of morpholine rings is 1. The van der Waals surface area contributed by atoms with E-state index < -0.39 is 0 Å². The van der Waals surface area contributed by atoms with E-state index in [2.05, 4.69) is 49.9 Å². The first-order valence-corrected chi connectivity index (χ1v) is 6.13. The van der Waals surface area contributed by atoms with Crippen molar-refractivity contribution in [1.82, 2.24) is 0 Å². The molecule has 2 heteroatoms. The van der Waals surface area contributed by atoms with Crippen LogP contribution in [0.5, 0.6) is 0 Å². The molecule has 1 aliphatic rings. The van der Waals surface area contributed by atoms with Crippen molar-refractivity contribution in [2.45, 2.75) is 32.7 Å². The highest BCUT2D eigenvalue weighted by molar-refractivity contribution is 5.49. The molecule has 1 aliphatic heterocycles. The van der Waals surface area contributed by atoms with Crippen molar-refractivity contribution in [1.29, 1.82) is 0 Å². The lowest BCUT2D eigenvalue weighted by atomic mass is 10.0. The molecule has 0 radical (unpaired) electrons. The number of anilines is 1. The van der Waals surface area contributed by atoms with Crippen LogP contribution in [0.4, 0.5) is 5.69 Å². The van der Waals surface area contributed by atoms with Crippen molar-refractivity contribution in [2.24, 2.45) is 0 Å². The summed E-state index contributed by atoms with van der Waals surface area (Å²) in [6.45, 7) is 9.36. The molecule has 1 fully saturated rings. The van der Waals surface area contributed by atoms with E-state index in [0.29, 0.717) is 12.0 Å². The first kappa shape index (κ1) is 11.5. The third-order valence-corrected chi connectivity index (χ3v) is 3.26. The number of nitrogens with zero attached hydrogens (tertiary/aromatic N) is 1. The minimum absolute atomic E-state index is 0.485. The predicted octanol–water partition coefficient (Wildman–Crippen LogP) is 3.04. The van der Waals surface area contributed by atoms with Crippen LogP contribution >= 0.6 is 0 Å². The van der Waals surface area contributed by atoms with Crippen molar-refractivity contribution in [2.75, 3.05) is 24.7 Å². The second-order valence-electron chi connectivity index (χ2n) is 4.86. The van der Waals surface area contributed by atoms with Gasteiger partial charge in [0.25, 0.3) is 0 Å². The zero-order valence-electron chi connectivity index (χ0n) is 10.4. The number of hydrogen-bond donors (Lipinski definition) is 0. The lowest BCUT2D eigenvalue weighted by molar-refractivity contribution is 0.0989. The largest absolute Gasteiger partial charge is 0.377 e. The fourth-order valence-electron chi connectivity index (χ4n) is 2.16. The Kier molecular flexibility index (Phi) is 3.49. The van der Waals surface area contributed by atoms with Crippen LogP contribution in [0.3, 0.4) is 0 Å². The Balaban J connectivity index is 2.14. The van der Waals surface area contributed by atoms with E-state index in [1.807, 2.05) is 0 Å². The van der Waals surface area contributed by atoms with Crippen LogP contribution in [-0.2, 0) is 4.74 Å². The minimum atomic E-state index is 0.485. The molecule has 1 aromatic carbocycles. The number of ether oxygens (including phenoxy) is 1. The van der Waals surface area contributed by atoms with E-state index in [4.69, 9.17) is 4.74 Å². The molecule has 0 spiro atoms. The highest BCUT2D eigenvalue weighted by atomic mass is 16.5. The van der Waals surface area contributed by atoms with Gasteiger partial charge in [-0.3, -0.25) is 0 Å². The Bertz CT molecular complexity index is 331. The van der Waals surface area contributed by atoms with Crippen molar-refractivity contribution in [3.8, 4) is 0 Å². The molecule has 1 saturated heterocycles. The van der Waals surface area contributed by atoms with Gasteiger partial charge in [-0.25, -0.2) is 0 Å². The van der Waals surface area contributed by atoms with Crippen LogP contribution in [0.15, 0.2) is 24.3 Å². The van der Waals surface area contributed by atoms with Gasteiger partial charge in [-0.1, -0.05) is 26.0 Å². The quantitative estimate of drug-likeness (QED) is 0.758. The maximum absolute atomic E-state index is 5.45. The smallest absolute Gasteiger partial charge is 0.0668 e. The minimum Gasteiger partial charge on any atom is -0.377 e. The second kappa shape index (κ2) is 4.88. The molecule has 2 rings (SSSR count). The van der Waals surface area contributed by atoms with Crippen LogP contribution in [0.25, 0.3) is 0 Å². The molecule has 88 valence electrons. The highest BCUT2D eigenvalue weighted by Crippen LogP contribution is 2.22. The van der Waals surface area contributed by atoms with E-state index in [9.17, 15) is 0 Å². The SMILES string of the molecule is CC(C)c1ccc(N2CCOC[C@@H]2C)cc1. The average Bonchev–Trinajstić information content (AvgIpc) is 2.30. The summed E-state index contributed by atoms with van der Waals surface area (Å²) in [5.74, 6) is 0.608. The first-order chi connectivity index (χ1) is 7.68. The summed E-state index contributed by atoms with van der Waals surface area (Å²) < 4.78 is 5.45. The lowest BCUT2D eigenvalue weighted by Gasteiger charge is -2.35. The summed E-state index contributed by atoms with van der Waals surface area (Å²) in [7, 11) is 0. The van der Waals surface area contributed by atoms with Crippen LogP contribution in [0.1, 0.15) is 32.3 Å². The molecule has 2 nitrogen and oxygen atoms in total. The summed E-state index contributed by atoms with van der Waals surface area (Å²) >= 11 is 0. The molecular weight excluding hydrogens is 198 g/mol. The molecule has 0 saturated carbocycles. The summed E-state index contributed by atoms with van der Waals surface area (Å²) in [4.78, 5) is 2.42. The van der Waals surface area contributed by atoms with Crippen LogP contribution < -0.4 is 4.90 Å². The van der Waals surface area contributed by atoms with Gasteiger partial charge in [0.2, 0.25) is 0 Å². The van der Waals surface area contributed by atoms with Gasteiger partial charge in [0.1, 0.15) is 0 Å². The maximum Gasteiger partial charge on any atom is 0.0668 e. The Hall–Kier alpha value is -1.02.